The van der Waals surface area contributed by atoms with Crippen molar-refractivity contribution in [3.8, 4) is 0 Å². The lowest BCUT2D eigenvalue weighted by Crippen LogP contribution is -2.29. The van der Waals surface area contributed by atoms with Crippen LogP contribution in [0.1, 0.15) is 52.5 Å². The molecule has 3 rings (SSSR count). The number of halogens is 1. The second-order valence-corrected chi connectivity index (χ2v) is 8.03. The first-order chi connectivity index (χ1) is 15.3. The van der Waals surface area contributed by atoms with Crippen LogP contribution in [0.5, 0.6) is 0 Å². The van der Waals surface area contributed by atoms with Crippen molar-refractivity contribution >= 4 is 29.1 Å². The molecule has 7 heteroatoms. The van der Waals surface area contributed by atoms with Crippen molar-refractivity contribution in [2.45, 2.75) is 26.3 Å². The van der Waals surface area contributed by atoms with E-state index in [0.717, 1.165) is 16.7 Å². The van der Waals surface area contributed by atoms with Crippen LogP contribution in [0.2, 0.25) is 5.02 Å². The molecule has 0 spiro atoms. The molecule has 1 aromatic heterocycles. The van der Waals surface area contributed by atoms with Crippen molar-refractivity contribution in [2.24, 2.45) is 0 Å². The molecule has 0 unspecified atom stereocenters. The predicted molar refractivity (Wildman–Crippen MR) is 126 cm³/mol. The van der Waals surface area contributed by atoms with E-state index in [-0.39, 0.29) is 30.1 Å². The van der Waals surface area contributed by atoms with Crippen LogP contribution in [0, 0.1) is 5.41 Å². The van der Waals surface area contributed by atoms with E-state index in [1.54, 1.807) is 36.5 Å². The summed E-state index contributed by atoms with van der Waals surface area (Å²) in [4.78, 5) is 28.0. The van der Waals surface area contributed by atoms with Gasteiger partial charge in [-0.3, -0.25) is 14.6 Å². The van der Waals surface area contributed by atoms with Gasteiger partial charge in [-0.25, -0.2) is 0 Å². The Hall–Kier alpha value is -3.51. The lowest BCUT2D eigenvalue weighted by Gasteiger charge is -2.13. The summed E-state index contributed by atoms with van der Waals surface area (Å²) in [6.45, 7) is 3.53. The minimum atomic E-state index is -0.286. The second-order valence-electron chi connectivity index (χ2n) is 7.59. The number of hydrogen-bond donors (Lipinski definition) is 3. The van der Waals surface area contributed by atoms with E-state index in [0.29, 0.717) is 22.6 Å². The highest BCUT2D eigenvalue weighted by Gasteiger charge is 2.10. The molecule has 0 bridgehead atoms. The smallest absolute Gasteiger partial charge is 0.253 e. The molecule has 2 aromatic carbocycles. The van der Waals surface area contributed by atoms with Gasteiger partial charge in [0.15, 0.2) is 0 Å². The SMILES string of the molecule is CC(=O)N[C@H](C)c1ccc(Cc2cncc(C(=O)NCC(=N)c3cccc(Cl)c3)c2)cc1. The summed E-state index contributed by atoms with van der Waals surface area (Å²) >= 11 is 5.97. The van der Waals surface area contributed by atoms with Crippen molar-refractivity contribution < 1.29 is 9.59 Å². The molecule has 0 saturated heterocycles. The third-order valence-corrected chi connectivity index (χ3v) is 5.20. The summed E-state index contributed by atoms with van der Waals surface area (Å²) in [7, 11) is 0. The largest absolute Gasteiger partial charge is 0.350 e. The van der Waals surface area contributed by atoms with E-state index in [4.69, 9.17) is 17.0 Å². The fraction of sp³-hybridized carbons (Fsp3) is 0.200. The van der Waals surface area contributed by atoms with Crippen LogP contribution in [0.25, 0.3) is 0 Å². The average molecular weight is 449 g/mol. The number of carbonyl (C=O) groups excluding carboxylic acids is 2. The normalized spacial score (nSPS) is 11.5. The Morgan fingerprint density at radius 3 is 2.47 bits per heavy atom. The molecular weight excluding hydrogens is 424 g/mol. The molecule has 0 aliphatic rings. The standard InChI is InChI=1S/C25H25ClN4O2/c1-16(30-17(2)31)20-8-6-18(7-9-20)10-19-11-22(14-28-13-19)25(32)29-15-24(27)21-4-3-5-23(26)12-21/h3-9,11-14,16,27H,10,15H2,1-2H3,(H,29,32)(H,30,31)/t16-/m1/s1. The number of benzene rings is 2. The number of hydrogen-bond acceptors (Lipinski definition) is 4. The molecule has 0 radical (unpaired) electrons. The predicted octanol–water partition coefficient (Wildman–Crippen LogP) is 4.32. The monoisotopic (exact) mass is 448 g/mol. The van der Waals surface area contributed by atoms with E-state index >= 15 is 0 Å². The lowest BCUT2D eigenvalue weighted by molar-refractivity contribution is -0.119. The Morgan fingerprint density at radius 2 is 1.78 bits per heavy atom. The van der Waals surface area contributed by atoms with E-state index in [2.05, 4.69) is 15.6 Å². The van der Waals surface area contributed by atoms with Gasteiger partial charge in [0.2, 0.25) is 5.91 Å². The van der Waals surface area contributed by atoms with Crippen LogP contribution < -0.4 is 10.6 Å². The summed E-state index contributed by atoms with van der Waals surface area (Å²) in [5.74, 6) is -0.351. The molecule has 1 atom stereocenters. The molecule has 3 N–H and O–H groups in total. The van der Waals surface area contributed by atoms with Crippen molar-refractivity contribution in [1.29, 1.82) is 5.41 Å². The Labute approximate surface area is 192 Å². The summed E-state index contributed by atoms with van der Waals surface area (Å²) < 4.78 is 0. The molecular formula is C25H25ClN4O2. The number of aromatic nitrogens is 1. The second kappa shape index (κ2) is 10.7. The molecule has 3 aromatic rings. The van der Waals surface area contributed by atoms with Crippen LogP contribution in [0.4, 0.5) is 0 Å². The third-order valence-electron chi connectivity index (χ3n) is 4.96. The van der Waals surface area contributed by atoms with Gasteiger partial charge in [-0.2, -0.15) is 0 Å². The highest BCUT2D eigenvalue weighted by molar-refractivity contribution is 6.31. The van der Waals surface area contributed by atoms with Crippen molar-refractivity contribution in [1.82, 2.24) is 15.6 Å². The van der Waals surface area contributed by atoms with Gasteiger partial charge in [0.25, 0.3) is 5.91 Å². The van der Waals surface area contributed by atoms with E-state index in [1.165, 1.54) is 13.1 Å². The molecule has 0 aliphatic heterocycles. The molecule has 0 fully saturated rings. The van der Waals surface area contributed by atoms with Gasteiger partial charge in [0.05, 0.1) is 23.9 Å². The molecule has 0 saturated carbocycles. The molecule has 6 nitrogen and oxygen atoms in total. The van der Waals surface area contributed by atoms with Gasteiger partial charge < -0.3 is 16.0 Å². The summed E-state index contributed by atoms with van der Waals surface area (Å²) in [5, 5.41) is 14.3. The van der Waals surface area contributed by atoms with Gasteiger partial charge >= 0.3 is 0 Å². The zero-order chi connectivity index (χ0) is 23.1. The lowest BCUT2D eigenvalue weighted by atomic mass is 10.0. The summed E-state index contributed by atoms with van der Waals surface area (Å²) in [6, 6.07) is 16.7. The van der Waals surface area contributed by atoms with Gasteiger partial charge in [-0.15, -0.1) is 0 Å². The van der Waals surface area contributed by atoms with Crippen molar-refractivity contribution in [3.05, 3.63) is 99.8 Å². The van der Waals surface area contributed by atoms with Crippen LogP contribution >= 0.6 is 11.6 Å². The molecule has 0 aliphatic carbocycles. The molecule has 164 valence electrons. The quantitative estimate of drug-likeness (QED) is 0.448. The zero-order valence-corrected chi connectivity index (χ0v) is 18.7. The van der Waals surface area contributed by atoms with Gasteiger partial charge in [-0.1, -0.05) is 48.0 Å². The van der Waals surface area contributed by atoms with Gasteiger partial charge in [0.1, 0.15) is 0 Å². The van der Waals surface area contributed by atoms with Crippen molar-refractivity contribution in [3.63, 3.8) is 0 Å². The fourth-order valence-electron chi connectivity index (χ4n) is 3.31. The number of carbonyl (C=O) groups is 2. The van der Waals surface area contributed by atoms with Crippen molar-refractivity contribution in [2.75, 3.05) is 6.54 Å². The Balaban J connectivity index is 1.60. The van der Waals surface area contributed by atoms with Gasteiger partial charge in [0, 0.05) is 24.3 Å². The highest BCUT2D eigenvalue weighted by atomic mass is 35.5. The average Bonchev–Trinajstić information content (AvgIpc) is 2.77. The Bertz CT molecular complexity index is 1130. The van der Waals surface area contributed by atoms with E-state index in [9.17, 15) is 9.59 Å². The number of pyridine rings is 1. The minimum Gasteiger partial charge on any atom is -0.350 e. The third kappa shape index (κ3) is 6.49. The van der Waals surface area contributed by atoms with Crippen LogP contribution in [-0.2, 0) is 11.2 Å². The number of rotatable bonds is 8. The fourth-order valence-corrected chi connectivity index (χ4v) is 3.50. The first-order valence-corrected chi connectivity index (χ1v) is 10.6. The number of amides is 2. The molecule has 32 heavy (non-hydrogen) atoms. The highest BCUT2D eigenvalue weighted by Crippen LogP contribution is 2.16. The van der Waals surface area contributed by atoms with Crippen LogP contribution in [0.3, 0.4) is 0 Å². The van der Waals surface area contributed by atoms with Gasteiger partial charge in [-0.05, 0) is 53.8 Å². The maximum Gasteiger partial charge on any atom is 0.253 e. The molecule has 1 heterocycles. The zero-order valence-electron chi connectivity index (χ0n) is 18.0. The Kier molecular flexibility index (Phi) is 7.73. The van der Waals surface area contributed by atoms with Crippen LogP contribution in [0.15, 0.2) is 67.0 Å². The van der Waals surface area contributed by atoms with E-state index < -0.39 is 0 Å². The number of nitrogens with one attached hydrogen (secondary N) is 3. The minimum absolute atomic E-state index is 0.0547. The molecule has 2 amide bonds. The first kappa shape index (κ1) is 23.2. The summed E-state index contributed by atoms with van der Waals surface area (Å²) in [5.41, 5.74) is 4.39. The maximum atomic E-state index is 12.6. The van der Waals surface area contributed by atoms with Crippen LogP contribution in [-0.4, -0.2) is 29.1 Å². The number of nitrogens with zero attached hydrogens (tertiary/aromatic N) is 1. The first-order valence-electron chi connectivity index (χ1n) is 10.2. The van der Waals surface area contributed by atoms with E-state index in [1.807, 2.05) is 31.2 Å². The summed E-state index contributed by atoms with van der Waals surface area (Å²) in [6.07, 6.45) is 3.87. The maximum absolute atomic E-state index is 12.6. The Morgan fingerprint density at radius 1 is 1.03 bits per heavy atom. The topological polar surface area (TPSA) is 94.9 Å².